The number of hydrogen-bond acceptors (Lipinski definition) is 2. The van der Waals surface area contributed by atoms with Gasteiger partial charge in [0, 0.05) is 6.42 Å². The summed E-state index contributed by atoms with van der Waals surface area (Å²) in [7, 11) is -3.86. The van der Waals surface area contributed by atoms with Crippen LogP contribution in [0.15, 0.2) is 49.1 Å². The lowest BCUT2D eigenvalue weighted by Gasteiger charge is -1.97. The molecule has 0 amide bonds. The summed E-state index contributed by atoms with van der Waals surface area (Å²) < 4.78 is 33.8. The fraction of sp³-hybridized carbons (Fsp3) is 0.308. The van der Waals surface area contributed by atoms with E-state index >= 15 is 0 Å². The van der Waals surface area contributed by atoms with Gasteiger partial charge in [0.2, 0.25) is 6.33 Å². The summed E-state index contributed by atoms with van der Waals surface area (Å²) in [5.41, 5.74) is 1.21. The molecule has 0 aliphatic rings. The van der Waals surface area contributed by atoms with Gasteiger partial charge in [0.1, 0.15) is 18.9 Å². The van der Waals surface area contributed by atoms with Gasteiger partial charge >= 0.3 is 0 Å². The maximum absolute atomic E-state index is 10.6. The molecule has 2 aromatic rings. The van der Waals surface area contributed by atoms with Crippen molar-refractivity contribution in [2.24, 2.45) is 0 Å². The molecule has 1 aromatic carbocycles. The van der Waals surface area contributed by atoms with Gasteiger partial charge in [0.15, 0.2) is 0 Å². The minimum absolute atomic E-state index is 0.204. The minimum atomic E-state index is -3.86. The molecule has 6 heteroatoms. The van der Waals surface area contributed by atoms with Crippen LogP contribution in [0.25, 0.3) is 0 Å². The van der Waals surface area contributed by atoms with Crippen molar-refractivity contribution in [1.29, 1.82) is 0 Å². The van der Waals surface area contributed by atoms with Crippen molar-refractivity contribution in [3.05, 3.63) is 54.6 Å². The first-order chi connectivity index (χ1) is 9.03. The van der Waals surface area contributed by atoms with Crippen LogP contribution < -0.4 is 4.57 Å². The maximum atomic E-state index is 10.6. The minimum Gasteiger partial charge on any atom is -0.286 e. The van der Waals surface area contributed by atoms with Crippen LogP contribution in [0, 0.1) is 0 Å². The fourth-order valence-corrected chi connectivity index (χ4v) is 2.38. The van der Waals surface area contributed by atoms with Crippen molar-refractivity contribution < 1.29 is 17.5 Å². The quantitative estimate of drug-likeness (QED) is 0.637. The first-order valence-corrected chi connectivity index (χ1v) is 7.68. The van der Waals surface area contributed by atoms with E-state index in [1.165, 1.54) is 5.56 Å². The Morgan fingerprint density at radius 1 is 1.21 bits per heavy atom. The third-order valence-electron chi connectivity index (χ3n) is 2.77. The Hall–Kier alpha value is -1.66. The van der Waals surface area contributed by atoms with Crippen LogP contribution in [0.2, 0.25) is 0 Å². The summed E-state index contributed by atoms with van der Waals surface area (Å²) in [6, 6.07) is 10.1. The van der Waals surface area contributed by atoms with Crippen LogP contribution >= 0.6 is 0 Å². The van der Waals surface area contributed by atoms with Crippen LogP contribution in [0.4, 0.5) is 0 Å². The molecule has 0 saturated carbocycles. The van der Waals surface area contributed by atoms with E-state index in [4.69, 9.17) is 4.55 Å². The van der Waals surface area contributed by atoms with Crippen LogP contribution in [0.1, 0.15) is 12.0 Å². The molecule has 1 heterocycles. The molecule has 0 fully saturated rings. The van der Waals surface area contributed by atoms with E-state index in [0.717, 1.165) is 6.54 Å². The molecule has 19 heavy (non-hydrogen) atoms. The Bertz CT molecular complexity index is 620. The molecule has 2 rings (SSSR count). The molecule has 0 unspecified atom stereocenters. The lowest BCUT2D eigenvalue weighted by molar-refractivity contribution is -0.687. The number of rotatable bonds is 6. The number of aryl methyl sites for hydroxylation is 1. The molecule has 0 saturated heterocycles. The van der Waals surface area contributed by atoms with Gasteiger partial charge in [-0.25, -0.2) is 9.13 Å². The predicted molar refractivity (Wildman–Crippen MR) is 71.2 cm³/mol. The Morgan fingerprint density at radius 2 is 1.95 bits per heavy atom. The van der Waals surface area contributed by atoms with Gasteiger partial charge in [-0.15, -0.1) is 0 Å². The van der Waals surface area contributed by atoms with E-state index in [9.17, 15) is 8.42 Å². The van der Waals surface area contributed by atoms with Gasteiger partial charge in [-0.05, 0) is 5.56 Å². The molecular weight excluding hydrogens is 264 g/mol. The zero-order valence-electron chi connectivity index (χ0n) is 10.5. The predicted octanol–water partition coefficient (Wildman–Crippen LogP) is 1.10. The Kier molecular flexibility index (Phi) is 4.34. The summed E-state index contributed by atoms with van der Waals surface area (Å²) in [4.78, 5) is 0. The van der Waals surface area contributed by atoms with Crippen molar-refractivity contribution in [2.45, 2.75) is 19.5 Å². The summed E-state index contributed by atoms with van der Waals surface area (Å²) >= 11 is 0. The zero-order valence-corrected chi connectivity index (χ0v) is 11.3. The van der Waals surface area contributed by atoms with E-state index < -0.39 is 10.1 Å². The summed E-state index contributed by atoms with van der Waals surface area (Å²) in [6.07, 6.45) is 6.17. The van der Waals surface area contributed by atoms with Gasteiger partial charge in [-0.3, -0.25) is 4.55 Å². The highest BCUT2D eigenvalue weighted by Gasteiger charge is 2.08. The smallest absolute Gasteiger partial charge is 0.265 e. The third-order valence-corrected chi connectivity index (χ3v) is 3.58. The summed E-state index contributed by atoms with van der Waals surface area (Å²) in [6.45, 7) is 1.35. The van der Waals surface area contributed by atoms with Gasteiger partial charge in [0.05, 0.1) is 12.3 Å². The first kappa shape index (κ1) is 13.8. The molecular formula is C13H17N2O3S+. The molecule has 0 atom stereocenters. The number of imidazole rings is 1. The van der Waals surface area contributed by atoms with Crippen LogP contribution in [0.5, 0.6) is 0 Å². The molecule has 1 aromatic heterocycles. The van der Waals surface area contributed by atoms with Gasteiger partial charge < -0.3 is 0 Å². The van der Waals surface area contributed by atoms with E-state index in [1.807, 2.05) is 46.1 Å². The van der Waals surface area contributed by atoms with Crippen molar-refractivity contribution in [3.8, 4) is 0 Å². The van der Waals surface area contributed by atoms with Gasteiger partial charge in [0.25, 0.3) is 10.1 Å². The second-order valence-electron chi connectivity index (χ2n) is 4.45. The number of nitrogens with zero attached hydrogens (tertiary/aromatic N) is 2. The van der Waals surface area contributed by atoms with E-state index in [0.29, 0.717) is 13.0 Å². The molecule has 5 nitrogen and oxygen atoms in total. The first-order valence-electron chi connectivity index (χ1n) is 6.07. The maximum Gasteiger partial charge on any atom is 0.265 e. The topological polar surface area (TPSA) is 63.2 Å². The van der Waals surface area contributed by atoms with E-state index in [-0.39, 0.29) is 5.75 Å². The van der Waals surface area contributed by atoms with E-state index in [1.54, 1.807) is 0 Å². The van der Waals surface area contributed by atoms with Crippen molar-refractivity contribution in [2.75, 3.05) is 5.75 Å². The third kappa shape index (κ3) is 4.84. The average Bonchev–Trinajstić information content (AvgIpc) is 2.76. The van der Waals surface area contributed by atoms with Crippen LogP contribution in [-0.2, 0) is 23.2 Å². The SMILES string of the molecule is O=S(=O)(O)CCCn1cc[n+](Cc2ccccc2)c1. The van der Waals surface area contributed by atoms with E-state index in [2.05, 4.69) is 12.1 Å². The number of aromatic nitrogens is 2. The van der Waals surface area contributed by atoms with Gasteiger partial charge in [-0.1, -0.05) is 30.3 Å². The highest BCUT2D eigenvalue weighted by Crippen LogP contribution is 1.98. The standard InChI is InChI=1S/C13H16N2O3S/c16-19(17,18)10-4-7-14-8-9-15(12-14)11-13-5-2-1-3-6-13/h1-3,5-6,8-9,12H,4,7,10-11H2/p+1. The molecule has 0 radical (unpaired) electrons. The Labute approximate surface area is 112 Å². The Balaban J connectivity index is 1.89. The summed E-state index contributed by atoms with van der Waals surface area (Å²) in [5.74, 6) is -0.204. The average molecular weight is 281 g/mol. The highest BCUT2D eigenvalue weighted by molar-refractivity contribution is 7.85. The zero-order chi connectivity index (χ0) is 13.7. The largest absolute Gasteiger partial charge is 0.286 e. The van der Waals surface area contributed by atoms with Crippen LogP contribution in [-0.4, -0.2) is 23.3 Å². The normalized spacial score (nSPS) is 11.6. The fourth-order valence-electron chi connectivity index (χ4n) is 1.89. The summed E-state index contributed by atoms with van der Waals surface area (Å²) in [5, 5.41) is 0. The number of benzene rings is 1. The second-order valence-corrected chi connectivity index (χ2v) is 6.02. The van der Waals surface area contributed by atoms with Gasteiger partial charge in [-0.2, -0.15) is 8.42 Å². The molecule has 0 spiro atoms. The molecule has 0 aliphatic heterocycles. The van der Waals surface area contributed by atoms with Crippen molar-refractivity contribution in [3.63, 3.8) is 0 Å². The molecule has 1 N–H and O–H groups in total. The lowest BCUT2D eigenvalue weighted by atomic mass is 10.2. The van der Waals surface area contributed by atoms with Crippen molar-refractivity contribution in [1.82, 2.24) is 4.57 Å². The molecule has 0 aliphatic carbocycles. The highest BCUT2D eigenvalue weighted by atomic mass is 32.2. The van der Waals surface area contributed by atoms with Crippen molar-refractivity contribution >= 4 is 10.1 Å². The monoisotopic (exact) mass is 281 g/mol. The number of hydrogen-bond donors (Lipinski definition) is 1. The Morgan fingerprint density at radius 3 is 2.63 bits per heavy atom. The van der Waals surface area contributed by atoms with Crippen LogP contribution in [0.3, 0.4) is 0 Å². The molecule has 0 bridgehead atoms. The lowest BCUT2D eigenvalue weighted by Crippen LogP contribution is -2.31. The second kappa shape index (κ2) is 5.99. The molecule has 102 valence electrons.